The summed E-state index contributed by atoms with van der Waals surface area (Å²) in [6, 6.07) is 3.88. The predicted octanol–water partition coefficient (Wildman–Crippen LogP) is 4.72. The van der Waals surface area contributed by atoms with Gasteiger partial charge in [-0.15, -0.1) is 11.8 Å². The van der Waals surface area contributed by atoms with Gasteiger partial charge in [-0.25, -0.2) is 22.0 Å². The highest BCUT2D eigenvalue weighted by Gasteiger charge is 2.24. The molecule has 0 fully saturated rings. The molecule has 0 saturated heterocycles. The topological polar surface area (TPSA) is 21.3 Å². The summed E-state index contributed by atoms with van der Waals surface area (Å²) in [5.41, 5.74) is -0.120. The van der Waals surface area contributed by atoms with Gasteiger partial charge in [-0.3, -0.25) is 0 Å². The number of benzene rings is 2. The highest BCUT2D eigenvalue weighted by molar-refractivity contribution is 7.98. The van der Waals surface area contributed by atoms with Crippen molar-refractivity contribution in [2.24, 2.45) is 0 Å². The van der Waals surface area contributed by atoms with Crippen LogP contribution in [-0.2, 0) is 6.54 Å². The van der Waals surface area contributed by atoms with Gasteiger partial charge in [-0.2, -0.15) is 0 Å². The fraction of sp³-hybridized carbons (Fsp3) is 0.200. The molecule has 2 rings (SSSR count). The highest BCUT2D eigenvalue weighted by Crippen LogP contribution is 2.31. The molecule has 23 heavy (non-hydrogen) atoms. The van der Waals surface area contributed by atoms with Crippen molar-refractivity contribution in [2.45, 2.75) is 11.4 Å². The third-order valence-corrected chi connectivity index (χ3v) is 3.98. The zero-order valence-corrected chi connectivity index (χ0v) is 13.0. The van der Waals surface area contributed by atoms with Gasteiger partial charge in [-0.05, 0) is 18.4 Å². The van der Waals surface area contributed by atoms with Gasteiger partial charge in [-0.1, -0.05) is 0 Å². The van der Waals surface area contributed by atoms with Gasteiger partial charge in [0.15, 0.2) is 34.8 Å². The lowest BCUT2D eigenvalue weighted by Gasteiger charge is -2.14. The third-order valence-electron chi connectivity index (χ3n) is 3.14. The van der Waals surface area contributed by atoms with Gasteiger partial charge in [0.2, 0.25) is 0 Å². The molecule has 0 heterocycles. The Morgan fingerprint density at radius 3 is 2.22 bits per heavy atom. The summed E-state index contributed by atoms with van der Waals surface area (Å²) in [5.74, 6) is -7.29. The van der Waals surface area contributed by atoms with Gasteiger partial charge < -0.3 is 10.1 Å². The number of hydrogen-bond acceptors (Lipinski definition) is 3. The molecule has 2 aromatic carbocycles. The van der Waals surface area contributed by atoms with Crippen LogP contribution >= 0.6 is 11.8 Å². The molecule has 2 nitrogen and oxygen atoms in total. The molecule has 1 N–H and O–H groups in total. The molecule has 0 unspecified atom stereocenters. The number of halogens is 5. The molecule has 2 aromatic rings. The molecule has 0 amide bonds. The molecule has 0 aliphatic rings. The Morgan fingerprint density at radius 1 is 1.00 bits per heavy atom. The van der Waals surface area contributed by atoms with Crippen LogP contribution in [0.2, 0.25) is 0 Å². The highest BCUT2D eigenvalue weighted by atomic mass is 32.2. The van der Waals surface area contributed by atoms with Crippen LogP contribution in [0.3, 0.4) is 0 Å². The number of anilines is 1. The van der Waals surface area contributed by atoms with E-state index in [2.05, 4.69) is 5.32 Å². The molecule has 0 aliphatic carbocycles. The molecular formula is C15H12F5NOS. The summed E-state index contributed by atoms with van der Waals surface area (Å²) >= 11 is 0.748. The number of hydrogen-bond donors (Lipinski definition) is 1. The van der Waals surface area contributed by atoms with Crippen molar-refractivity contribution in [1.29, 1.82) is 0 Å². The van der Waals surface area contributed by atoms with E-state index < -0.39 is 29.1 Å². The Kier molecular flexibility index (Phi) is 5.35. The van der Waals surface area contributed by atoms with E-state index in [4.69, 9.17) is 4.74 Å². The molecule has 0 bridgehead atoms. The molecule has 0 aromatic heterocycles. The van der Waals surface area contributed by atoms with Crippen LogP contribution in [0, 0.1) is 29.1 Å². The maximum Gasteiger partial charge on any atom is 0.198 e. The first-order valence-corrected chi connectivity index (χ1v) is 7.59. The molecule has 0 radical (unpaired) electrons. The monoisotopic (exact) mass is 349 g/mol. The number of rotatable bonds is 5. The second-order valence-corrected chi connectivity index (χ2v) is 5.29. The van der Waals surface area contributed by atoms with E-state index in [9.17, 15) is 22.0 Å². The Hall–Kier alpha value is -1.96. The van der Waals surface area contributed by atoms with E-state index in [1.165, 1.54) is 25.5 Å². The zero-order chi connectivity index (χ0) is 17.1. The van der Waals surface area contributed by atoms with E-state index in [1.54, 1.807) is 0 Å². The lowest BCUT2D eigenvalue weighted by molar-refractivity contribution is 0.386. The first-order valence-electron chi connectivity index (χ1n) is 6.36. The van der Waals surface area contributed by atoms with Gasteiger partial charge in [0.25, 0.3) is 0 Å². The summed E-state index contributed by atoms with van der Waals surface area (Å²) < 4.78 is 72.5. The molecule has 124 valence electrons. The number of methoxy groups -OCH3 is 1. The zero-order valence-electron chi connectivity index (χ0n) is 12.1. The van der Waals surface area contributed by atoms with Crippen LogP contribution in [0.1, 0.15) is 5.56 Å². The largest absolute Gasteiger partial charge is 0.494 e. The second-order valence-electron chi connectivity index (χ2n) is 4.47. The number of nitrogens with one attached hydrogen (secondary N) is 1. The van der Waals surface area contributed by atoms with Gasteiger partial charge in [0.1, 0.15) is 0 Å². The van der Waals surface area contributed by atoms with Crippen molar-refractivity contribution in [3.63, 3.8) is 0 Å². The van der Waals surface area contributed by atoms with Crippen molar-refractivity contribution < 1.29 is 26.7 Å². The summed E-state index contributed by atoms with van der Waals surface area (Å²) in [5, 5.41) is 2.64. The lowest BCUT2D eigenvalue weighted by atomic mass is 10.1. The minimum Gasteiger partial charge on any atom is -0.494 e. The van der Waals surface area contributed by atoms with Crippen molar-refractivity contribution in [3.8, 4) is 5.75 Å². The summed E-state index contributed by atoms with van der Waals surface area (Å²) in [6.07, 6.45) is 1.41. The Labute approximate surface area is 133 Å². The number of ether oxygens (including phenoxy) is 1. The van der Waals surface area contributed by atoms with Crippen molar-refractivity contribution in [1.82, 2.24) is 0 Å². The average Bonchev–Trinajstić information content (AvgIpc) is 2.55. The lowest BCUT2D eigenvalue weighted by Crippen LogP contribution is -2.10. The molecule has 0 saturated carbocycles. The predicted molar refractivity (Wildman–Crippen MR) is 78.3 cm³/mol. The fourth-order valence-electron chi connectivity index (χ4n) is 1.99. The maximum atomic E-state index is 13.9. The third kappa shape index (κ3) is 3.36. The van der Waals surface area contributed by atoms with Crippen molar-refractivity contribution in [3.05, 3.63) is 52.8 Å². The molecular weight excluding hydrogens is 337 g/mol. The minimum atomic E-state index is -1.88. The van der Waals surface area contributed by atoms with Crippen molar-refractivity contribution >= 4 is 17.4 Å². The van der Waals surface area contributed by atoms with Crippen LogP contribution in [-0.4, -0.2) is 13.4 Å². The summed E-state index contributed by atoms with van der Waals surface area (Å²) in [4.78, 5) is -0.345. The molecule has 0 aliphatic heterocycles. The first-order chi connectivity index (χ1) is 10.9. The first kappa shape index (κ1) is 17.4. The van der Waals surface area contributed by atoms with E-state index in [-0.39, 0.29) is 28.4 Å². The van der Waals surface area contributed by atoms with Gasteiger partial charge in [0.05, 0.1) is 12.0 Å². The van der Waals surface area contributed by atoms with Crippen LogP contribution in [0.25, 0.3) is 0 Å². The van der Waals surface area contributed by atoms with E-state index in [0.29, 0.717) is 0 Å². The Balaban J connectivity index is 2.32. The average molecular weight is 349 g/mol. The van der Waals surface area contributed by atoms with E-state index in [0.717, 1.165) is 17.8 Å². The Bertz CT molecular complexity index is 739. The van der Waals surface area contributed by atoms with Crippen LogP contribution in [0.5, 0.6) is 5.75 Å². The van der Waals surface area contributed by atoms with Crippen molar-refractivity contribution in [2.75, 3.05) is 18.7 Å². The smallest absolute Gasteiger partial charge is 0.198 e. The Morgan fingerprint density at radius 2 is 1.65 bits per heavy atom. The SMILES string of the molecule is COc1ccc(NCc2c(F)c(F)c(F)c(F)c2SC)cc1F. The molecule has 0 atom stereocenters. The fourth-order valence-corrected chi connectivity index (χ4v) is 2.67. The van der Waals surface area contributed by atoms with Crippen LogP contribution in [0.15, 0.2) is 23.1 Å². The standard InChI is InChI=1S/C15H12F5NOS/c1-22-10-4-3-7(5-9(10)16)21-6-8-11(17)12(18)13(19)14(20)15(8)23-2/h3-5,21H,6H2,1-2H3. The summed E-state index contributed by atoms with van der Waals surface area (Å²) in [6.45, 7) is -0.345. The normalized spacial score (nSPS) is 10.7. The van der Waals surface area contributed by atoms with Crippen LogP contribution < -0.4 is 10.1 Å². The number of thioether (sulfide) groups is 1. The quantitative estimate of drug-likeness (QED) is 0.365. The maximum absolute atomic E-state index is 13.9. The second kappa shape index (κ2) is 7.08. The van der Waals surface area contributed by atoms with Crippen LogP contribution in [0.4, 0.5) is 27.6 Å². The van der Waals surface area contributed by atoms with E-state index >= 15 is 0 Å². The summed E-state index contributed by atoms with van der Waals surface area (Å²) in [7, 11) is 1.30. The molecule has 8 heteroatoms. The van der Waals surface area contributed by atoms with E-state index in [1.807, 2.05) is 0 Å². The van der Waals surface area contributed by atoms with Gasteiger partial charge >= 0.3 is 0 Å². The molecule has 0 spiro atoms. The van der Waals surface area contributed by atoms with Gasteiger partial charge in [0, 0.05) is 23.9 Å². The minimum absolute atomic E-state index is 0.0189.